The number of halogens is 3. The zero-order valence-corrected chi connectivity index (χ0v) is 10.7. The molecule has 2 aromatic heterocycles. The monoisotopic (exact) mass is 350 g/mol. The number of nitrogen functional groups attached to an aromatic ring is 2. The SMILES string of the molecule is Nc1cc(F)c(I)cn1.Nc1cc(F)ccn1. The maximum atomic E-state index is 12.5. The van der Waals surface area contributed by atoms with Crippen LogP contribution in [0.5, 0.6) is 0 Å². The summed E-state index contributed by atoms with van der Waals surface area (Å²) in [5.74, 6) is -0.237. The summed E-state index contributed by atoms with van der Waals surface area (Å²) in [6.07, 6.45) is 2.72. The molecule has 0 amide bonds. The van der Waals surface area contributed by atoms with Gasteiger partial charge in [0.2, 0.25) is 0 Å². The summed E-state index contributed by atoms with van der Waals surface area (Å²) in [5.41, 5.74) is 10.3. The molecule has 2 heterocycles. The predicted octanol–water partition coefficient (Wildman–Crippen LogP) is 2.21. The highest BCUT2D eigenvalue weighted by Crippen LogP contribution is 2.09. The van der Waals surface area contributed by atoms with E-state index in [0.717, 1.165) is 0 Å². The van der Waals surface area contributed by atoms with Crippen LogP contribution in [0, 0.1) is 15.2 Å². The molecule has 0 saturated heterocycles. The van der Waals surface area contributed by atoms with Gasteiger partial charge in [0.15, 0.2) is 0 Å². The van der Waals surface area contributed by atoms with Crippen molar-refractivity contribution in [2.75, 3.05) is 11.5 Å². The fraction of sp³-hybridized carbons (Fsp3) is 0. The number of hydrogen-bond donors (Lipinski definition) is 2. The highest BCUT2D eigenvalue weighted by molar-refractivity contribution is 14.1. The molecule has 2 rings (SSSR count). The first-order chi connectivity index (χ1) is 7.99. The van der Waals surface area contributed by atoms with E-state index in [4.69, 9.17) is 11.5 Å². The molecule has 4 N–H and O–H groups in total. The number of nitrogens with zero attached hydrogens (tertiary/aromatic N) is 2. The fourth-order valence-corrected chi connectivity index (χ4v) is 1.15. The van der Waals surface area contributed by atoms with Gasteiger partial charge in [0.1, 0.15) is 23.3 Å². The second-order valence-electron chi connectivity index (χ2n) is 2.92. The number of anilines is 2. The first kappa shape index (κ1) is 13.6. The predicted molar refractivity (Wildman–Crippen MR) is 69.9 cm³/mol. The van der Waals surface area contributed by atoms with Crippen molar-refractivity contribution in [2.24, 2.45) is 0 Å². The summed E-state index contributed by atoms with van der Waals surface area (Å²) >= 11 is 1.85. The van der Waals surface area contributed by atoms with Crippen molar-refractivity contribution >= 4 is 34.2 Å². The Balaban J connectivity index is 0.000000171. The lowest BCUT2D eigenvalue weighted by Gasteiger charge is -1.92. The number of aromatic nitrogens is 2. The fourth-order valence-electron chi connectivity index (χ4n) is 0.850. The summed E-state index contributed by atoms with van der Waals surface area (Å²) in [7, 11) is 0. The third kappa shape index (κ3) is 4.89. The van der Waals surface area contributed by atoms with Gasteiger partial charge in [-0.3, -0.25) is 0 Å². The molecule has 0 spiro atoms. The van der Waals surface area contributed by atoms with Crippen LogP contribution in [-0.4, -0.2) is 9.97 Å². The van der Waals surface area contributed by atoms with Gasteiger partial charge < -0.3 is 11.5 Å². The number of nitrogens with two attached hydrogens (primary N) is 2. The van der Waals surface area contributed by atoms with Crippen LogP contribution < -0.4 is 11.5 Å². The molecule has 0 saturated carbocycles. The second-order valence-corrected chi connectivity index (χ2v) is 4.08. The van der Waals surface area contributed by atoms with Gasteiger partial charge in [-0.05, 0) is 28.7 Å². The molecule has 0 unspecified atom stereocenters. The number of pyridine rings is 2. The lowest BCUT2D eigenvalue weighted by molar-refractivity contribution is 0.618. The minimum Gasteiger partial charge on any atom is -0.384 e. The molecule has 0 fully saturated rings. The van der Waals surface area contributed by atoms with Gasteiger partial charge in [0, 0.05) is 24.5 Å². The van der Waals surface area contributed by atoms with Crippen LogP contribution in [-0.2, 0) is 0 Å². The maximum absolute atomic E-state index is 12.5. The van der Waals surface area contributed by atoms with Crippen LogP contribution in [0.1, 0.15) is 0 Å². The molecule has 0 aliphatic rings. The topological polar surface area (TPSA) is 77.8 Å². The molecule has 0 aliphatic carbocycles. The molecule has 0 aromatic carbocycles. The van der Waals surface area contributed by atoms with Crippen molar-refractivity contribution in [2.45, 2.75) is 0 Å². The van der Waals surface area contributed by atoms with Crippen molar-refractivity contribution < 1.29 is 8.78 Å². The summed E-state index contributed by atoms with van der Waals surface area (Å²) in [6.45, 7) is 0. The van der Waals surface area contributed by atoms with Crippen LogP contribution in [0.25, 0.3) is 0 Å². The van der Waals surface area contributed by atoms with E-state index < -0.39 is 0 Å². The summed E-state index contributed by atoms with van der Waals surface area (Å²) < 4.78 is 25.0. The van der Waals surface area contributed by atoms with Crippen LogP contribution in [0.15, 0.2) is 30.6 Å². The smallest absolute Gasteiger partial charge is 0.141 e. The lowest BCUT2D eigenvalue weighted by Crippen LogP contribution is -1.91. The summed E-state index contributed by atoms with van der Waals surface area (Å²) in [5, 5.41) is 0. The lowest BCUT2D eigenvalue weighted by atomic mass is 10.4. The Kier molecular flexibility index (Phi) is 5.01. The first-order valence-electron chi connectivity index (χ1n) is 4.42. The highest BCUT2D eigenvalue weighted by atomic mass is 127. The van der Waals surface area contributed by atoms with E-state index in [1.165, 1.54) is 30.6 Å². The Labute approximate surface area is 110 Å². The molecule has 0 bridgehead atoms. The Hall–Kier alpha value is -1.51. The van der Waals surface area contributed by atoms with Crippen LogP contribution in [0.2, 0.25) is 0 Å². The minimum absolute atomic E-state index is 0.213. The summed E-state index contributed by atoms with van der Waals surface area (Å²) in [4.78, 5) is 7.25. The van der Waals surface area contributed by atoms with E-state index in [1.807, 2.05) is 22.6 Å². The number of rotatable bonds is 0. The van der Waals surface area contributed by atoms with E-state index in [2.05, 4.69) is 9.97 Å². The van der Waals surface area contributed by atoms with Crippen molar-refractivity contribution in [1.29, 1.82) is 0 Å². The first-order valence-corrected chi connectivity index (χ1v) is 5.50. The highest BCUT2D eigenvalue weighted by Gasteiger charge is 1.96. The average molecular weight is 350 g/mol. The van der Waals surface area contributed by atoms with E-state index in [-0.39, 0.29) is 23.3 Å². The molecule has 0 aliphatic heterocycles. The van der Waals surface area contributed by atoms with E-state index >= 15 is 0 Å². The largest absolute Gasteiger partial charge is 0.384 e. The molecule has 2 aromatic rings. The van der Waals surface area contributed by atoms with Crippen LogP contribution in [0.4, 0.5) is 20.4 Å². The van der Waals surface area contributed by atoms with E-state index in [0.29, 0.717) is 3.57 Å². The van der Waals surface area contributed by atoms with Crippen LogP contribution >= 0.6 is 22.6 Å². The Morgan fingerprint density at radius 3 is 2.12 bits per heavy atom. The zero-order chi connectivity index (χ0) is 12.8. The van der Waals surface area contributed by atoms with E-state index in [9.17, 15) is 8.78 Å². The molecule has 17 heavy (non-hydrogen) atoms. The van der Waals surface area contributed by atoms with Crippen LogP contribution in [0.3, 0.4) is 0 Å². The molecule has 4 nitrogen and oxygen atoms in total. The Morgan fingerprint density at radius 2 is 1.71 bits per heavy atom. The third-order valence-electron chi connectivity index (χ3n) is 1.57. The maximum Gasteiger partial charge on any atom is 0.141 e. The normalized spacial score (nSPS) is 9.35. The van der Waals surface area contributed by atoms with Crippen molar-refractivity contribution in [3.8, 4) is 0 Å². The van der Waals surface area contributed by atoms with Gasteiger partial charge >= 0.3 is 0 Å². The standard InChI is InChI=1S/C5H4FIN2.C5H5FN2/c6-3-1-5(8)9-2-4(3)7;6-4-1-2-8-5(7)3-4/h1-2H,(H2,8,9);1-3H,(H2,7,8). The van der Waals surface area contributed by atoms with Crippen molar-refractivity contribution in [3.05, 3.63) is 45.8 Å². The quantitative estimate of drug-likeness (QED) is 0.715. The Morgan fingerprint density at radius 1 is 1.06 bits per heavy atom. The second kappa shape index (κ2) is 6.28. The zero-order valence-electron chi connectivity index (χ0n) is 8.57. The van der Waals surface area contributed by atoms with Crippen molar-refractivity contribution in [1.82, 2.24) is 9.97 Å². The van der Waals surface area contributed by atoms with Crippen molar-refractivity contribution in [3.63, 3.8) is 0 Å². The molecule has 0 atom stereocenters. The van der Waals surface area contributed by atoms with Gasteiger partial charge in [-0.15, -0.1) is 0 Å². The molecular formula is C10H9F2IN4. The number of hydrogen-bond acceptors (Lipinski definition) is 4. The third-order valence-corrected chi connectivity index (χ3v) is 2.37. The average Bonchev–Trinajstić information content (AvgIpc) is 2.24. The van der Waals surface area contributed by atoms with Gasteiger partial charge in [0.25, 0.3) is 0 Å². The van der Waals surface area contributed by atoms with Gasteiger partial charge in [0.05, 0.1) is 3.57 Å². The minimum atomic E-state index is -0.350. The molecule has 0 radical (unpaired) electrons. The van der Waals surface area contributed by atoms with Gasteiger partial charge in [-0.25, -0.2) is 18.7 Å². The molecule has 90 valence electrons. The summed E-state index contributed by atoms with van der Waals surface area (Å²) in [6, 6.07) is 3.61. The molecular weight excluding hydrogens is 341 g/mol. The van der Waals surface area contributed by atoms with E-state index in [1.54, 1.807) is 0 Å². The van der Waals surface area contributed by atoms with Gasteiger partial charge in [-0.1, -0.05) is 0 Å². The molecule has 7 heteroatoms. The van der Waals surface area contributed by atoms with Gasteiger partial charge in [-0.2, -0.15) is 0 Å². The Bertz CT molecular complexity index is 490.